The summed E-state index contributed by atoms with van der Waals surface area (Å²) in [5.41, 5.74) is 1.37. The lowest BCUT2D eigenvalue weighted by molar-refractivity contribution is -0.134. The highest BCUT2D eigenvalue weighted by Crippen LogP contribution is 2.31. The second kappa shape index (κ2) is 6.23. The van der Waals surface area contributed by atoms with Crippen molar-refractivity contribution >= 4 is 29.2 Å². The summed E-state index contributed by atoms with van der Waals surface area (Å²) in [6, 6.07) is 3.17. The minimum atomic E-state index is -0.989. The number of carbonyl (C=O) groups excluding carboxylic acids is 1. The minimum absolute atomic E-state index is 0.0442. The molecule has 1 atom stereocenters. The van der Waals surface area contributed by atoms with Crippen LogP contribution in [-0.2, 0) is 14.3 Å². The predicted octanol–water partition coefficient (Wildman–Crippen LogP) is 1.77. The van der Waals surface area contributed by atoms with E-state index >= 15 is 0 Å². The number of aromatic nitrogens is 2. The fraction of sp³-hybridized carbons (Fsp3) is 0.312. The fourth-order valence-electron chi connectivity index (χ4n) is 2.53. The molecule has 0 aliphatic carbocycles. The highest BCUT2D eigenvalue weighted by atomic mass is 16.5. The SMILES string of the molecule is COC(=O)c1ccn2c(NCC(=O)O)c(C3=CCC(C)O3)nc2c1. The molecule has 1 aliphatic rings. The molecule has 24 heavy (non-hydrogen) atoms. The van der Waals surface area contributed by atoms with Gasteiger partial charge in [-0.05, 0) is 25.1 Å². The lowest BCUT2D eigenvalue weighted by Crippen LogP contribution is -2.14. The number of hydrogen-bond donors (Lipinski definition) is 2. The van der Waals surface area contributed by atoms with Crippen molar-refractivity contribution in [2.45, 2.75) is 19.4 Å². The number of nitrogens with zero attached hydrogens (tertiary/aromatic N) is 2. The van der Waals surface area contributed by atoms with Crippen molar-refractivity contribution in [1.29, 1.82) is 0 Å². The standard InChI is InChI=1S/C16H17N3O5/c1-9-3-4-11(24-9)14-15(17-8-13(20)21)19-6-5-10(16(22)23-2)7-12(19)18-14/h4-7,9,17H,3,8H2,1-2H3,(H,20,21). The third-order valence-electron chi connectivity index (χ3n) is 3.65. The van der Waals surface area contributed by atoms with Gasteiger partial charge in [-0.2, -0.15) is 0 Å². The molecule has 8 heteroatoms. The molecule has 1 unspecified atom stereocenters. The molecule has 0 saturated heterocycles. The van der Waals surface area contributed by atoms with Gasteiger partial charge < -0.3 is 19.9 Å². The van der Waals surface area contributed by atoms with Crippen LogP contribution in [0.15, 0.2) is 24.4 Å². The largest absolute Gasteiger partial charge is 0.488 e. The van der Waals surface area contributed by atoms with E-state index in [1.807, 2.05) is 13.0 Å². The number of fused-ring (bicyclic) bond motifs is 1. The van der Waals surface area contributed by atoms with E-state index in [0.29, 0.717) is 28.5 Å². The number of carboxylic acid groups (broad SMARTS) is 1. The van der Waals surface area contributed by atoms with Crippen LogP contribution in [0.5, 0.6) is 0 Å². The number of methoxy groups -OCH3 is 1. The van der Waals surface area contributed by atoms with Gasteiger partial charge in [0.15, 0.2) is 0 Å². The molecule has 1 aliphatic heterocycles. The van der Waals surface area contributed by atoms with Crippen LogP contribution in [0.4, 0.5) is 5.82 Å². The van der Waals surface area contributed by atoms with Crippen molar-refractivity contribution < 1.29 is 24.2 Å². The first-order valence-electron chi connectivity index (χ1n) is 7.43. The Hall–Kier alpha value is -3.03. The molecule has 0 amide bonds. The van der Waals surface area contributed by atoms with Crippen LogP contribution in [0.2, 0.25) is 0 Å². The summed E-state index contributed by atoms with van der Waals surface area (Å²) in [4.78, 5) is 27.1. The topological polar surface area (TPSA) is 102 Å². The first kappa shape index (κ1) is 15.9. The zero-order chi connectivity index (χ0) is 17.3. The van der Waals surface area contributed by atoms with E-state index in [-0.39, 0.29) is 12.6 Å². The number of aliphatic carboxylic acids is 1. The molecule has 0 spiro atoms. The van der Waals surface area contributed by atoms with Crippen molar-refractivity contribution in [3.05, 3.63) is 35.7 Å². The normalized spacial score (nSPS) is 16.6. The van der Waals surface area contributed by atoms with Crippen molar-refractivity contribution in [1.82, 2.24) is 9.38 Å². The van der Waals surface area contributed by atoms with Crippen LogP contribution >= 0.6 is 0 Å². The van der Waals surface area contributed by atoms with Gasteiger partial charge in [-0.3, -0.25) is 9.20 Å². The molecule has 2 N–H and O–H groups in total. The van der Waals surface area contributed by atoms with Crippen molar-refractivity contribution in [3.8, 4) is 0 Å². The zero-order valence-electron chi connectivity index (χ0n) is 13.3. The molecule has 2 aromatic heterocycles. The average Bonchev–Trinajstić information content (AvgIpc) is 3.14. The Morgan fingerprint density at radius 1 is 1.54 bits per heavy atom. The number of ether oxygens (including phenoxy) is 2. The van der Waals surface area contributed by atoms with Crippen LogP contribution in [0, 0.1) is 0 Å². The molecule has 3 rings (SSSR count). The molecule has 8 nitrogen and oxygen atoms in total. The summed E-state index contributed by atoms with van der Waals surface area (Å²) in [5, 5.41) is 11.8. The maximum atomic E-state index is 11.7. The number of pyridine rings is 1. The van der Waals surface area contributed by atoms with Crippen LogP contribution in [0.25, 0.3) is 11.4 Å². The van der Waals surface area contributed by atoms with Crippen molar-refractivity contribution in [2.75, 3.05) is 19.0 Å². The number of nitrogens with one attached hydrogen (secondary N) is 1. The maximum Gasteiger partial charge on any atom is 0.338 e. The van der Waals surface area contributed by atoms with Crippen LogP contribution in [-0.4, -0.2) is 46.2 Å². The Labute approximate surface area is 137 Å². The lowest BCUT2D eigenvalue weighted by atomic mass is 10.3. The van der Waals surface area contributed by atoms with Gasteiger partial charge in [0.2, 0.25) is 0 Å². The summed E-state index contributed by atoms with van der Waals surface area (Å²) < 4.78 is 12.1. The molecular formula is C16H17N3O5. The van der Waals surface area contributed by atoms with Gasteiger partial charge in [-0.1, -0.05) is 0 Å². The highest BCUT2D eigenvalue weighted by Gasteiger charge is 2.23. The molecular weight excluding hydrogens is 314 g/mol. The van der Waals surface area contributed by atoms with E-state index in [2.05, 4.69) is 10.3 Å². The van der Waals surface area contributed by atoms with E-state index in [9.17, 15) is 9.59 Å². The summed E-state index contributed by atoms with van der Waals surface area (Å²) in [5.74, 6) is -0.355. The average molecular weight is 331 g/mol. The summed E-state index contributed by atoms with van der Waals surface area (Å²) in [6.07, 6.45) is 4.36. The fourth-order valence-corrected chi connectivity index (χ4v) is 2.53. The van der Waals surface area contributed by atoms with Crippen molar-refractivity contribution in [2.24, 2.45) is 0 Å². The number of rotatable bonds is 5. The minimum Gasteiger partial charge on any atom is -0.488 e. The molecule has 2 aromatic rings. The van der Waals surface area contributed by atoms with Gasteiger partial charge >= 0.3 is 11.9 Å². The monoisotopic (exact) mass is 331 g/mol. The van der Waals surface area contributed by atoms with E-state index in [4.69, 9.17) is 14.6 Å². The number of anilines is 1. The first-order valence-corrected chi connectivity index (χ1v) is 7.43. The Kier molecular flexibility index (Phi) is 4.11. The molecule has 0 saturated carbocycles. The van der Waals surface area contributed by atoms with E-state index in [1.54, 1.807) is 22.7 Å². The third-order valence-corrected chi connectivity index (χ3v) is 3.65. The lowest BCUT2D eigenvalue weighted by Gasteiger charge is -2.09. The molecule has 0 aromatic carbocycles. The van der Waals surface area contributed by atoms with Crippen LogP contribution in [0.1, 0.15) is 29.4 Å². The molecule has 3 heterocycles. The summed E-state index contributed by atoms with van der Waals surface area (Å²) in [7, 11) is 1.31. The molecule has 0 fully saturated rings. The Morgan fingerprint density at radius 2 is 2.33 bits per heavy atom. The number of hydrogen-bond acceptors (Lipinski definition) is 6. The van der Waals surface area contributed by atoms with E-state index < -0.39 is 11.9 Å². The number of carbonyl (C=O) groups is 2. The Balaban J connectivity index is 2.08. The predicted molar refractivity (Wildman–Crippen MR) is 85.8 cm³/mol. The second-order valence-electron chi connectivity index (χ2n) is 5.42. The van der Waals surface area contributed by atoms with Gasteiger partial charge in [-0.25, -0.2) is 9.78 Å². The summed E-state index contributed by atoms with van der Waals surface area (Å²) >= 11 is 0. The molecule has 126 valence electrons. The summed E-state index contributed by atoms with van der Waals surface area (Å²) in [6.45, 7) is 1.68. The van der Waals surface area contributed by atoms with Gasteiger partial charge in [0.25, 0.3) is 0 Å². The molecule has 0 bridgehead atoms. The zero-order valence-corrected chi connectivity index (χ0v) is 13.3. The molecule has 0 radical (unpaired) electrons. The van der Waals surface area contributed by atoms with Crippen molar-refractivity contribution in [3.63, 3.8) is 0 Å². The van der Waals surface area contributed by atoms with Gasteiger partial charge in [0.05, 0.1) is 18.8 Å². The first-order chi connectivity index (χ1) is 11.5. The number of esters is 1. The number of carboxylic acids is 1. The van der Waals surface area contributed by atoms with Gasteiger partial charge in [0.1, 0.15) is 29.5 Å². The van der Waals surface area contributed by atoms with E-state index in [1.165, 1.54) is 7.11 Å². The maximum absolute atomic E-state index is 11.7. The number of imidazole rings is 1. The van der Waals surface area contributed by atoms with Gasteiger partial charge in [-0.15, -0.1) is 0 Å². The Morgan fingerprint density at radius 3 is 2.96 bits per heavy atom. The van der Waals surface area contributed by atoms with Crippen LogP contribution in [0.3, 0.4) is 0 Å². The third kappa shape index (κ3) is 2.90. The van der Waals surface area contributed by atoms with E-state index in [0.717, 1.165) is 6.42 Å². The highest BCUT2D eigenvalue weighted by molar-refractivity contribution is 5.90. The Bertz CT molecular complexity index is 840. The van der Waals surface area contributed by atoms with Crippen LogP contribution < -0.4 is 5.32 Å². The second-order valence-corrected chi connectivity index (χ2v) is 5.42. The quantitative estimate of drug-likeness (QED) is 0.805. The van der Waals surface area contributed by atoms with Gasteiger partial charge in [0, 0.05) is 12.6 Å². The smallest absolute Gasteiger partial charge is 0.338 e.